The van der Waals surface area contributed by atoms with Crippen molar-refractivity contribution in [2.75, 3.05) is 26.2 Å². The van der Waals surface area contributed by atoms with E-state index in [9.17, 15) is 0 Å². The summed E-state index contributed by atoms with van der Waals surface area (Å²) in [5.41, 5.74) is 0. The second-order valence-corrected chi connectivity index (χ2v) is 5.39. The number of rotatable bonds is 0. The lowest BCUT2D eigenvalue weighted by atomic mass is 9.72. The van der Waals surface area contributed by atoms with E-state index in [-0.39, 0.29) is 0 Å². The molecule has 2 saturated heterocycles. The largest absolute Gasteiger partial charge is 0.314 e. The van der Waals surface area contributed by atoms with E-state index in [0.717, 1.165) is 17.9 Å². The number of hydrogen-bond donors (Lipinski definition) is 1. The minimum Gasteiger partial charge on any atom is -0.314 e. The summed E-state index contributed by atoms with van der Waals surface area (Å²) in [4.78, 5) is 2.75. The van der Waals surface area contributed by atoms with E-state index in [2.05, 4.69) is 10.2 Å². The Morgan fingerprint density at radius 3 is 2.86 bits per heavy atom. The smallest absolute Gasteiger partial charge is 0.0224 e. The van der Waals surface area contributed by atoms with Crippen LogP contribution in [-0.4, -0.2) is 37.1 Å². The van der Waals surface area contributed by atoms with E-state index in [1.165, 1.54) is 58.3 Å². The maximum absolute atomic E-state index is 3.54. The Morgan fingerprint density at radius 2 is 1.93 bits per heavy atom. The molecule has 2 heterocycles. The van der Waals surface area contributed by atoms with Crippen molar-refractivity contribution >= 4 is 0 Å². The van der Waals surface area contributed by atoms with Crippen LogP contribution in [0, 0.1) is 11.8 Å². The molecule has 3 fully saturated rings. The summed E-state index contributed by atoms with van der Waals surface area (Å²) in [6, 6.07) is 0.878. The first-order chi connectivity index (χ1) is 6.93. The second kappa shape index (κ2) is 3.82. The minimum atomic E-state index is 0.878. The summed E-state index contributed by atoms with van der Waals surface area (Å²) in [6.07, 6.45) is 7.52. The highest BCUT2D eigenvalue weighted by atomic mass is 15.2. The molecule has 3 aliphatic rings. The van der Waals surface area contributed by atoms with Crippen molar-refractivity contribution in [1.82, 2.24) is 10.2 Å². The molecule has 0 aromatic rings. The summed E-state index contributed by atoms with van der Waals surface area (Å²) in [6.45, 7) is 5.18. The normalized spacial score (nSPS) is 44.1. The molecule has 0 spiro atoms. The number of piperazine rings is 1. The van der Waals surface area contributed by atoms with Crippen LogP contribution in [0.4, 0.5) is 0 Å². The van der Waals surface area contributed by atoms with E-state index in [0.29, 0.717) is 0 Å². The fourth-order valence-electron chi connectivity index (χ4n) is 3.76. The molecule has 2 nitrogen and oxygen atoms in total. The highest BCUT2D eigenvalue weighted by Crippen LogP contribution is 2.38. The van der Waals surface area contributed by atoms with Crippen molar-refractivity contribution < 1.29 is 0 Å². The fourth-order valence-corrected chi connectivity index (χ4v) is 3.76. The van der Waals surface area contributed by atoms with E-state index >= 15 is 0 Å². The van der Waals surface area contributed by atoms with Crippen molar-refractivity contribution in [3.05, 3.63) is 0 Å². The highest BCUT2D eigenvalue weighted by molar-refractivity contribution is 4.92. The zero-order valence-corrected chi connectivity index (χ0v) is 9.04. The summed E-state index contributed by atoms with van der Waals surface area (Å²) in [7, 11) is 0. The number of hydrogen-bond acceptors (Lipinski definition) is 2. The molecule has 0 bridgehead atoms. The molecule has 80 valence electrons. The zero-order valence-electron chi connectivity index (χ0n) is 9.04. The highest BCUT2D eigenvalue weighted by Gasteiger charge is 2.37. The Kier molecular flexibility index (Phi) is 2.50. The van der Waals surface area contributed by atoms with Gasteiger partial charge in [0.15, 0.2) is 0 Å². The third-order valence-corrected chi connectivity index (χ3v) is 4.58. The summed E-state index contributed by atoms with van der Waals surface area (Å²) in [5.74, 6) is 2.13. The van der Waals surface area contributed by atoms with Gasteiger partial charge in [-0.25, -0.2) is 0 Å². The van der Waals surface area contributed by atoms with E-state index in [1.807, 2.05) is 0 Å². The van der Waals surface area contributed by atoms with Gasteiger partial charge in [-0.3, -0.25) is 4.90 Å². The number of nitrogens with zero attached hydrogens (tertiary/aromatic N) is 1. The van der Waals surface area contributed by atoms with Crippen LogP contribution >= 0.6 is 0 Å². The Hall–Kier alpha value is -0.0800. The van der Waals surface area contributed by atoms with Gasteiger partial charge in [0.05, 0.1) is 0 Å². The molecule has 0 aromatic heterocycles. The molecule has 3 rings (SSSR count). The first-order valence-corrected chi connectivity index (χ1v) is 6.38. The Balaban J connectivity index is 1.68. The molecule has 2 aliphatic heterocycles. The number of fused-ring (bicyclic) bond motifs is 2. The van der Waals surface area contributed by atoms with Gasteiger partial charge in [-0.15, -0.1) is 0 Å². The van der Waals surface area contributed by atoms with Crippen molar-refractivity contribution in [3.63, 3.8) is 0 Å². The van der Waals surface area contributed by atoms with E-state index in [1.54, 1.807) is 0 Å². The molecule has 2 heteroatoms. The topological polar surface area (TPSA) is 15.3 Å². The van der Waals surface area contributed by atoms with Crippen LogP contribution < -0.4 is 5.32 Å². The Bertz CT molecular complexity index is 162. The van der Waals surface area contributed by atoms with Crippen LogP contribution in [0.2, 0.25) is 0 Å². The standard InChI is InChI=1S/C12H22N2/c1-2-4-11-9-14-6-5-13-8-12(14)7-10(11)3-1/h10-13H,1-9H2/t10-,11+,12-/m1/s1. The number of nitrogens with one attached hydrogen (secondary N) is 1. The maximum atomic E-state index is 3.54. The molecule has 0 unspecified atom stereocenters. The Labute approximate surface area is 87.0 Å². The third-order valence-electron chi connectivity index (χ3n) is 4.58. The van der Waals surface area contributed by atoms with Crippen LogP contribution in [0.5, 0.6) is 0 Å². The third kappa shape index (κ3) is 1.59. The van der Waals surface area contributed by atoms with Crippen molar-refractivity contribution in [1.29, 1.82) is 0 Å². The first kappa shape index (κ1) is 9.17. The van der Waals surface area contributed by atoms with E-state index in [4.69, 9.17) is 0 Å². The summed E-state index contributed by atoms with van der Waals surface area (Å²) >= 11 is 0. The Morgan fingerprint density at radius 1 is 1.07 bits per heavy atom. The van der Waals surface area contributed by atoms with Gasteiger partial charge in [0, 0.05) is 32.2 Å². The maximum Gasteiger partial charge on any atom is 0.0224 e. The van der Waals surface area contributed by atoms with Gasteiger partial charge >= 0.3 is 0 Å². The quantitative estimate of drug-likeness (QED) is 0.628. The summed E-state index contributed by atoms with van der Waals surface area (Å²) < 4.78 is 0. The second-order valence-electron chi connectivity index (χ2n) is 5.39. The minimum absolute atomic E-state index is 0.878. The molecule has 1 saturated carbocycles. The van der Waals surface area contributed by atoms with Crippen LogP contribution in [0.15, 0.2) is 0 Å². The van der Waals surface area contributed by atoms with Crippen LogP contribution in [0.25, 0.3) is 0 Å². The lowest BCUT2D eigenvalue weighted by Gasteiger charge is -2.48. The SMILES string of the molecule is C1CC[C@H]2CN3CCNC[C@H]3C[C@H]2C1. The molecule has 0 amide bonds. The van der Waals surface area contributed by atoms with Gasteiger partial charge in [0.1, 0.15) is 0 Å². The first-order valence-electron chi connectivity index (χ1n) is 6.38. The molecular weight excluding hydrogens is 172 g/mol. The lowest BCUT2D eigenvalue weighted by Crippen LogP contribution is -2.57. The van der Waals surface area contributed by atoms with Crippen molar-refractivity contribution in [2.45, 2.75) is 38.1 Å². The molecule has 1 aliphatic carbocycles. The predicted octanol–water partition coefficient (Wildman–Crippen LogP) is 1.47. The monoisotopic (exact) mass is 194 g/mol. The molecular formula is C12H22N2. The van der Waals surface area contributed by atoms with Gasteiger partial charge in [-0.05, 0) is 24.7 Å². The molecule has 14 heavy (non-hydrogen) atoms. The van der Waals surface area contributed by atoms with Crippen molar-refractivity contribution in [3.8, 4) is 0 Å². The van der Waals surface area contributed by atoms with Gasteiger partial charge in [-0.1, -0.05) is 19.3 Å². The molecule has 1 N–H and O–H groups in total. The predicted molar refractivity (Wildman–Crippen MR) is 58.3 cm³/mol. The number of piperidine rings is 1. The summed E-state index contributed by atoms with van der Waals surface area (Å²) in [5, 5.41) is 3.54. The van der Waals surface area contributed by atoms with Crippen LogP contribution in [0.3, 0.4) is 0 Å². The zero-order chi connectivity index (χ0) is 9.38. The average molecular weight is 194 g/mol. The fraction of sp³-hybridized carbons (Fsp3) is 1.00. The van der Waals surface area contributed by atoms with Crippen LogP contribution in [-0.2, 0) is 0 Å². The van der Waals surface area contributed by atoms with E-state index < -0.39 is 0 Å². The van der Waals surface area contributed by atoms with Crippen LogP contribution in [0.1, 0.15) is 32.1 Å². The molecule has 3 atom stereocenters. The van der Waals surface area contributed by atoms with Gasteiger partial charge in [-0.2, -0.15) is 0 Å². The van der Waals surface area contributed by atoms with Gasteiger partial charge in [0.25, 0.3) is 0 Å². The van der Waals surface area contributed by atoms with Gasteiger partial charge < -0.3 is 5.32 Å². The molecule has 0 radical (unpaired) electrons. The average Bonchev–Trinajstić information content (AvgIpc) is 2.26. The van der Waals surface area contributed by atoms with Gasteiger partial charge in [0.2, 0.25) is 0 Å². The lowest BCUT2D eigenvalue weighted by molar-refractivity contribution is 0.0255. The molecule has 0 aromatic carbocycles. The van der Waals surface area contributed by atoms with Crippen molar-refractivity contribution in [2.24, 2.45) is 11.8 Å².